The Hall–Kier alpha value is -3.52. The van der Waals surface area contributed by atoms with E-state index in [-0.39, 0.29) is 19.5 Å². The molecular formula is C29H40N6O7S. The number of allylic oxidation sites excluding steroid dienone is 1. The van der Waals surface area contributed by atoms with E-state index in [1.54, 1.807) is 18.5 Å². The molecule has 234 valence electrons. The van der Waals surface area contributed by atoms with Crippen molar-refractivity contribution in [2.45, 2.75) is 94.4 Å². The summed E-state index contributed by atoms with van der Waals surface area (Å²) in [5, 5.41) is 2.83. The summed E-state index contributed by atoms with van der Waals surface area (Å²) in [6.45, 7) is 0.537. The normalized spacial score (nSPS) is 30.7. The van der Waals surface area contributed by atoms with Gasteiger partial charge in [0.1, 0.15) is 11.6 Å². The molecule has 0 aromatic carbocycles. The molecule has 4 heterocycles. The average molecular weight is 617 g/mol. The third kappa shape index (κ3) is 6.85. The first-order valence-corrected chi connectivity index (χ1v) is 16.6. The van der Waals surface area contributed by atoms with Crippen LogP contribution in [0.1, 0.15) is 82.2 Å². The van der Waals surface area contributed by atoms with Gasteiger partial charge in [0.25, 0.3) is 11.8 Å². The largest absolute Gasteiger partial charge is 0.436 e. The molecule has 5 rings (SSSR count). The molecule has 14 heteroatoms. The Kier molecular flexibility index (Phi) is 9.35. The molecule has 4 amide bonds. The number of pyridine rings is 1. The number of hydrogen-bond acceptors (Lipinski definition) is 8. The maximum Gasteiger partial charge on any atom is 0.405 e. The predicted octanol–water partition coefficient (Wildman–Crippen LogP) is 1.82. The number of primary amides is 1. The summed E-state index contributed by atoms with van der Waals surface area (Å²) in [5.74, 6) is -2.25. The van der Waals surface area contributed by atoms with Crippen molar-refractivity contribution in [3.63, 3.8) is 0 Å². The molecule has 13 nitrogen and oxygen atoms in total. The molecule has 1 aromatic rings. The minimum absolute atomic E-state index is 0.233. The van der Waals surface area contributed by atoms with E-state index in [1.165, 1.54) is 9.21 Å². The van der Waals surface area contributed by atoms with Crippen molar-refractivity contribution in [3.05, 3.63) is 42.2 Å². The van der Waals surface area contributed by atoms with Gasteiger partial charge in [-0.05, 0) is 69.4 Å². The maximum atomic E-state index is 13.8. The van der Waals surface area contributed by atoms with E-state index in [2.05, 4.69) is 15.0 Å². The lowest BCUT2D eigenvalue weighted by Crippen LogP contribution is -2.58. The van der Waals surface area contributed by atoms with E-state index in [0.29, 0.717) is 44.9 Å². The standard InChI is InChI=1S/C29H40N6O7S/c30-28(39)42-24-14-5-3-1-2-4-11-21-18-29(21,32-25(36)23-13-9-16-34(23)26(24)37)27(38)33-43(40,41)35-17-7-6-12-22(35)20-10-8-15-31-19-20/h4,8,10-11,15,19,21-24H,1-3,5-7,9,12-14,16-18H2,(H2,30,39)(H,32,36)(H,33,38). The zero-order valence-corrected chi connectivity index (χ0v) is 25.0. The fourth-order valence-corrected chi connectivity index (χ4v) is 8.01. The molecule has 2 saturated heterocycles. The SMILES string of the molecule is NC(=O)OC1CCCCCC=CC2CC2(C(=O)NS(=O)(=O)N2CCCCC2c2cccnc2)NC(=O)C2CCCN2C1=O. The number of carbonyl (C=O) groups excluding carboxylic acids is 4. The van der Waals surface area contributed by atoms with Gasteiger partial charge in [0.15, 0.2) is 6.10 Å². The number of piperidine rings is 1. The average Bonchev–Trinajstić information content (AvgIpc) is 3.45. The second kappa shape index (κ2) is 13.0. The van der Waals surface area contributed by atoms with Gasteiger partial charge in [0, 0.05) is 31.4 Å². The first-order valence-electron chi connectivity index (χ1n) is 15.1. The van der Waals surface area contributed by atoms with Crippen molar-refractivity contribution in [1.29, 1.82) is 0 Å². The Morgan fingerprint density at radius 3 is 2.60 bits per heavy atom. The van der Waals surface area contributed by atoms with E-state index in [9.17, 15) is 27.6 Å². The maximum absolute atomic E-state index is 13.8. The second-order valence-corrected chi connectivity index (χ2v) is 13.4. The van der Waals surface area contributed by atoms with Crippen molar-refractivity contribution in [1.82, 2.24) is 24.2 Å². The van der Waals surface area contributed by atoms with Gasteiger partial charge in [-0.25, -0.2) is 9.52 Å². The van der Waals surface area contributed by atoms with Gasteiger partial charge in [0.05, 0.1) is 6.04 Å². The molecule has 5 unspecified atom stereocenters. The van der Waals surface area contributed by atoms with Crippen molar-refractivity contribution in [2.24, 2.45) is 11.7 Å². The molecule has 3 aliphatic heterocycles. The monoisotopic (exact) mass is 616 g/mol. The zero-order valence-electron chi connectivity index (χ0n) is 24.2. The molecule has 43 heavy (non-hydrogen) atoms. The fourth-order valence-electron chi connectivity index (χ4n) is 6.54. The van der Waals surface area contributed by atoms with Crippen LogP contribution >= 0.6 is 0 Å². The van der Waals surface area contributed by atoms with Crippen molar-refractivity contribution < 1.29 is 32.3 Å². The molecule has 4 N–H and O–H groups in total. The Labute approximate surface area is 251 Å². The summed E-state index contributed by atoms with van der Waals surface area (Å²) in [5.41, 5.74) is 4.51. The Morgan fingerprint density at radius 1 is 1.05 bits per heavy atom. The van der Waals surface area contributed by atoms with E-state index < -0.39 is 63.7 Å². The van der Waals surface area contributed by atoms with Gasteiger partial charge in [-0.2, -0.15) is 12.7 Å². The van der Waals surface area contributed by atoms with Crippen LogP contribution in [0.2, 0.25) is 0 Å². The molecule has 0 spiro atoms. The minimum Gasteiger partial charge on any atom is -0.436 e. The van der Waals surface area contributed by atoms with Crippen LogP contribution < -0.4 is 15.8 Å². The van der Waals surface area contributed by atoms with Crippen molar-refractivity contribution in [3.8, 4) is 0 Å². The summed E-state index contributed by atoms with van der Waals surface area (Å²) in [6.07, 6.45) is 11.3. The number of aromatic nitrogens is 1. The molecule has 3 fully saturated rings. The van der Waals surface area contributed by atoms with Crippen molar-refractivity contribution in [2.75, 3.05) is 13.1 Å². The number of rotatable bonds is 5. The van der Waals surface area contributed by atoms with Crippen LogP contribution in [-0.2, 0) is 29.3 Å². The van der Waals surface area contributed by atoms with E-state index in [1.807, 2.05) is 18.2 Å². The van der Waals surface area contributed by atoms with Crippen LogP contribution in [0.15, 0.2) is 36.7 Å². The number of nitrogens with zero attached hydrogens (tertiary/aromatic N) is 3. The molecule has 0 bridgehead atoms. The number of nitrogens with one attached hydrogen (secondary N) is 2. The molecule has 4 aliphatic rings. The molecule has 0 radical (unpaired) electrons. The lowest BCUT2D eigenvalue weighted by molar-refractivity contribution is -0.146. The Morgan fingerprint density at radius 2 is 1.84 bits per heavy atom. The van der Waals surface area contributed by atoms with Gasteiger partial charge in [-0.1, -0.05) is 31.1 Å². The lowest BCUT2D eigenvalue weighted by atomic mass is 9.99. The predicted molar refractivity (Wildman–Crippen MR) is 155 cm³/mol. The lowest BCUT2D eigenvalue weighted by Gasteiger charge is -2.35. The van der Waals surface area contributed by atoms with E-state index >= 15 is 0 Å². The zero-order chi connectivity index (χ0) is 30.6. The van der Waals surface area contributed by atoms with Crippen LogP contribution in [0.4, 0.5) is 4.79 Å². The topological polar surface area (TPSA) is 181 Å². The second-order valence-electron chi connectivity index (χ2n) is 11.8. The quantitative estimate of drug-likeness (QED) is 0.419. The molecule has 1 aliphatic carbocycles. The fraction of sp³-hybridized carbons (Fsp3) is 0.621. The van der Waals surface area contributed by atoms with Gasteiger partial charge in [-0.3, -0.25) is 19.4 Å². The molecule has 5 atom stereocenters. The molecule has 1 aromatic heterocycles. The highest BCUT2D eigenvalue weighted by Gasteiger charge is 2.61. The number of ether oxygens (including phenoxy) is 1. The Bertz CT molecular complexity index is 1360. The van der Waals surface area contributed by atoms with Crippen LogP contribution in [0.3, 0.4) is 0 Å². The van der Waals surface area contributed by atoms with Gasteiger partial charge >= 0.3 is 16.3 Å². The highest BCUT2D eigenvalue weighted by atomic mass is 32.2. The summed E-state index contributed by atoms with van der Waals surface area (Å²) < 4.78 is 36.0. The summed E-state index contributed by atoms with van der Waals surface area (Å²) in [6, 6.07) is 2.22. The van der Waals surface area contributed by atoms with Crippen LogP contribution in [0.25, 0.3) is 0 Å². The molecular weight excluding hydrogens is 576 g/mol. The number of amides is 4. The third-order valence-electron chi connectivity index (χ3n) is 8.90. The summed E-state index contributed by atoms with van der Waals surface area (Å²) in [4.78, 5) is 57.9. The van der Waals surface area contributed by atoms with Crippen LogP contribution in [-0.4, -0.2) is 77.2 Å². The summed E-state index contributed by atoms with van der Waals surface area (Å²) in [7, 11) is -4.26. The van der Waals surface area contributed by atoms with Gasteiger partial charge < -0.3 is 20.7 Å². The first kappa shape index (κ1) is 30.9. The highest BCUT2D eigenvalue weighted by molar-refractivity contribution is 7.87. The van der Waals surface area contributed by atoms with Crippen LogP contribution in [0.5, 0.6) is 0 Å². The van der Waals surface area contributed by atoms with E-state index in [4.69, 9.17) is 10.5 Å². The molecule has 1 saturated carbocycles. The van der Waals surface area contributed by atoms with Crippen LogP contribution in [0, 0.1) is 5.92 Å². The number of carbonyl (C=O) groups is 4. The summed E-state index contributed by atoms with van der Waals surface area (Å²) >= 11 is 0. The number of hydrogen-bond donors (Lipinski definition) is 3. The number of nitrogens with two attached hydrogens (primary N) is 1. The highest BCUT2D eigenvalue weighted by Crippen LogP contribution is 2.46. The first-order chi connectivity index (χ1) is 20.6. The Balaban J connectivity index is 1.37. The third-order valence-corrected chi connectivity index (χ3v) is 10.4. The van der Waals surface area contributed by atoms with Crippen molar-refractivity contribution >= 4 is 34.0 Å². The smallest absolute Gasteiger partial charge is 0.405 e. The van der Waals surface area contributed by atoms with E-state index in [0.717, 1.165) is 24.8 Å². The van der Waals surface area contributed by atoms with Gasteiger partial charge in [-0.15, -0.1) is 0 Å². The number of fused-ring (bicyclic) bond motifs is 2. The van der Waals surface area contributed by atoms with Gasteiger partial charge in [0.2, 0.25) is 5.91 Å². The minimum atomic E-state index is -4.26.